The van der Waals surface area contributed by atoms with Crippen LogP contribution < -0.4 is 5.73 Å². The van der Waals surface area contributed by atoms with Crippen molar-refractivity contribution in [3.63, 3.8) is 0 Å². The summed E-state index contributed by atoms with van der Waals surface area (Å²) < 4.78 is 37.4. The molecule has 1 rings (SSSR count). The minimum absolute atomic E-state index is 0.186. The number of nitrogens with two attached hydrogens (primary N) is 1. The quantitative estimate of drug-likeness (QED) is 0.642. The molecule has 0 aliphatic carbocycles. The molecule has 1 aromatic carbocycles. The smallest absolute Gasteiger partial charge is 0.366 e. The number of hydrogen-bond acceptors (Lipinski definition) is 4. The van der Waals surface area contributed by atoms with E-state index in [9.17, 15) is 28.1 Å². The summed E-state index contributed by atoms with van der Waals surface area (Å²) in [7, 11) is 0. The molecule has 0 aromatic heterocycles. The van der Waals surface area contributed by atoms with Gasteiger partial charge in [-0.05, 0) is 6.07 Å². The molecular formula is C9H4F3N3O3. The molecule has 1 amide bonds. The third-order valence-electron chi connectivity index (χ3n) is 2.02. The van der Waals surface area contributed by atoms with Gasteiger partial charge in [0.15, 0.2) is 0 Å². The Balaban J connectivity index is 3.72. The van der Waals surface area contributed by atoms with Crippen molar-refractivity contribution in [2.45, 2.75) is 6.18 Å². The van der Waals surface area contributed by atoms with Gasteiger partial charge in [-0.25, -0.2) is 0 Å². The number of nitro benzene ring substituents is 1. The molecule has 2 N–H and O–H groups in total. The van der Waals surface area contributed by atoms with E-state index in [-0.39, 0.29) is 6.07 Å². The first-order valence-electron chi connectivity index (χ1n) is 4.28. The van der Waals surface area contributed by atoms with Gasteiger partial charge in [0, 0.05) is 6.07 Å². The highest BCUT2D eigenvalue weighted by molar-refractivity contribution is 5.97. The Bertz CT molecular complexity index is 540. The van der Waals surface area contributed by atoms with Crippen LogP contribution in [0.2, 0.25) is 0 Å². The molecule has 0 bridgehead atoms. The predicted octanol–water partition coefficient (Wildman–Crippen LogP) is 1.58. The van der Waals surface area contributed by atoms with Crippen molar-refractivity contribution in [3.8, 4) is 6.07 Å². The Hall–Kier alpha value is -2.63. The van der Waals surface area contributed by atoms with Gasteiger partial charge in [-0.2, -0.15) is 18.4 Å². The average Bonchev–Trinajstić information content (AvgIpc) is 2.25. The summed E-state index contributed by atoms with van der Waals surface area (Å²) >= 11 is 0. The van der Waals surface area contributed by atoms with Crippen LogP contribution in [0.25, 0.3) is 0 Å². The second kappa shape index (κ2) is 4.33. The largest absolute Gasteiger partial charge is 0.416 e. The van der Waals surface area contributed by atoms with Crippen molar-refractivity contribution < 1.29 is 22.9 Å². The van der Waals surface area contributed by atoms with E-state index in [1.54, 1.807) is 0 Å². The molecule has 0 heterocycles. The fourth-order valence-electron chi connectivity index (χ4n) is 1.25. The fourth-order valence-corrected chi connectivity index (χ4v) is 1.25. The maximum Gasteiger partial charge on any atom is 0.416 e. The number of nitro groups is 1. The van der Waals surface area contributed by atoms with Crippen LogP contribution in [-0.2, 0) is 6.18 Å². The summed E-state index contributed by atoms with van der Waals surface area (Å²) in [5.74, 6) is -1.35. The molecule has 94 valence electrons. The van der Waals surface area contributed by atoms with E-state index in [1.807, 2.05) is 0 Å². The summed E-state index contributed by atoms with van der Waals surface area (Å²) in [5.41, 5.74) is 0.641. The third kappa shape index (κ3) is 2.37. The molecule has 0 aliphatic heterocycles. The zero-order valence-corrected chi connectivity index (χ0v) is 8.49. The van der Waals surface area contributed by atoms with Crippen molar-refractivity contribution in [3.05, 3.63) is 38.9 Å². The zero-order chi connectivity index (χ0) is 14.1. The van der Waals surface area contributed by atoms with Crippen LogP contribution in [0.3, 0.4) is 0 Å². The van der Waals surface area contributed by atoms with E-state index in [0.717, 1.165) is 0 Å². The van der Waals surface area contributed by atoms with Crippen LogP contribution in [0.15, 0.2) is 12.1 Å². The Kier molecular flexibility index (Phi) is 3.23. The number of nitriles is 1. The van der Waals surface area contributed by atoms with Crippen molar-refractivity contribution in [2.24, 2.45) is 5.73 Å². The van der Waals surface area contributed by atoms with Crippen LogP contribution in [0.1, 0.15) is 21.5 Å². The minimum Gasteiger partial charge on any atom is -0.366 e. The summed E-state index contributed by atoms with van der Waals surface area (Å²) in [6.45, 7) is 0. The number of benzene rings is 1. The fraction of sp³-hybridized carbons (Fsp3) is 0.111. The van der Waals surface area contributed by atoms with E-state index in [1.165, 1.54) is 6.07 Å². The monoisotopic (exact) mass is 259 g/mol. The third-order valence-corrected chi connectivity index (χ3v) is 2.02. The van der Waals surface area contributed by atoms with Gasteiger partial charge in [0.2, 0.25) is 5.91 Å². The van der Waals surface area contributed by atoms with E-state index < -0.39 is 39.4 Å². The van der Waals surface area contributed by atoms with Gasteiger partial charge in [0.1, 0.15) is 11.6 Å². The van der Waals surface area contributed by atoms with Gasteiger partial charge < -0.3 is 5.73 Å². The molecule has 0 fully saturated rings. The first kappa shape index (κ1) is 13.4. The molecule has 0 saturated heterocycles. The lowest BCUT2D eigenvalue weighted by molar-refractivity contribution is -0.385. The molecule has 6 nitrogen and oxygen atoms in total. The van der Waals surface area contributed by atoms with Gasteiger partial charge >= 0.3 is 6.18 Å². The number of rotatable bonds is 2. The summed E-state index contributed by atoms with van der Waals surface area (Å²) in [5, 5.41) is 19.2. The second-order valence-corrected chi connectivity index (χ2v) is 3.15. The first-order chi connectivity index (χ1) is 8.18. The number of alkyl halides is 3. The van der Waals surface area contributed by atoms with Crippen molar-refractivity contribution >= 4 is 11.6 Å². The number of amides is 1. The average molecular weight is 259 g/mol. The summed E-state index contributed by atoms with van der Waals surface area (Å²) in [4.78, 5) is 20.3. The zero-order valence-electron chi connectivity index (χ0n) is 8.49. The van der Waals surface area contributed by atoms with Gasteiger partial charge in [-0.3, -0.25) is 14.9 Å². The molecule has 0 aliphatic rings. The molecule has 0 spiro atoms. The lowest BCUT2D eigenvalue weighted by Crippen LogP contribution is -2.16. The van der Waals surface area contributed by atoms with Crippen molar-refractivity contribution in [2.75, 3.05) is 0 Å². The van der Waals surface area contributed by atoms with Crippen molar-refractivity contribution in [1.29, 1.82) is 5.26 Å². The molecule has 9 heteroatoms. The Labute approximate surface area is 97.6 Å². The molecule has 0 radical (unpaired) electrons. The van der Waals surface area contributed by atoms with Crippen molar-refractivity contribution in [1.82, 2.24) is 0 Å². The Morgan fingerprint density at radius 2 is 2.00 bits per heavy atom. The molecule has 0 unspecified atom stereocenters. The van der Waals surface area contributed by atoms with Crippen LogP contribution >= 0.6 is 0 Å². The van der Waals surface area contributed by atoms with E-state index in [4.69, 9.17) is 11.0 Å². The number of nitrogens with zero attached hydrogens (tertiary/aromatic N) is 2. The minimum atomic E-state index is -4.89. The maximum atomic E-state index is 12.5. The lowest BCUT2D eigenvalue weighted by atomic mass is 10.0. The standard InChI is InChI=1S/C9H4F3N3O3/c10-9(11,12)4-1-5(8(14)16)6(3-13)7(2-4)15(17)18/h1-2H,(H2,14,16). The molecule has 18 heavy (non-hydrogen) atoms. The SMILES string of the molecule is N#Cc1c(C(N)=O)cc(C(F)(F)F)cc1[N+](=O)[O-]. The highest BCUT2D eigenvalue weighted by Crippen LogP contribution is 2.34. The molecule has 0 atom stereocenters. The number of halogens is 3. The molecular weight excluding hydrogens is 255 g/mol. The van der Waals surface area contributed by atoms with Gasteiger partial charge in [-0.1, -0.05) is 0 Å². The Morgan fingerprint density at radius 1 is 1.44 bits per heavy atom. The topological polar surface area (TPSA) is 110 Å². The predicted molar refractivity (Wildman–Crippen MR) is 51.3 cm³/mol. The van der Waals surface area contributed by atoms with Gasteiger partial charge in [0.05, 0.1) is 16.1 Å². The number of carbonyl (C=O) groups is 1. The number of primary amides is 1. The van der Waals surface area contributed by atoms with Gasteiger partial charge in [0.25, 0.3) is 5.69 Å². The highest BCUT2D eigenvalue weighted by Gasteiger charge is 2.35. The number of hydrogen-bond donors (Lipinski definition) is 1. The van der Waals surface area contributed by atoms with Crippen LogP contribution in [0, 0.1) is 21.4 Å². The van der Waals surface area contributed by atoms with Crippen LogP contribution in [-0.4, -0.2) is 10.8 Å². The normalized spacial score (nSPS) is 10.8. The lowest BCUT2D eigenvalue weighted by Gasteiger charge is -2.09. The first-order valence-corrected chi connectivity index (χ1v) is 4.28. The van der Waals surface area contributed by atoms with E-state index >= 15 is 0 Å². The Morgan fingerprint density at radius 3 is 2.33 bits per heavy atom. The maximum absolute atomic E-state index is 12.5. The van der Waals surface area contributed by atoms with E-state index in [2.05, 4.69) is 0 Å². The second-order valence-electron chi connectivity index (χ2n) is 3.15. The van der Waals surface area contributed by atoms with E-state index in [0.29, 0.717) is 6.07 Å². The van der Waals surface area contributed by atoms with Crippen LogP contribution in [0.4, 0.5) is 18.9 Å². The molecule has 1 aromatic rings. The summed E-state index contributed by atoms with van der Waals surface area (Å²) in [6.07, 6.45) is -4.89. The highest BCUT2D eigenvalue weighted by atomic mass is 19.4. The number of carbonyl (C=O) groups excluding carboxylic acids is 1. The van der Waals surface area contributed by atoms with Gasteiger partial charge in [-0.15, -0.1) is 0 Å². The summed E-state index contributed by atoms with van der Waals surface area (Å²) in [6, 6.07) is 1.79. The van der Waals surface area contributed by atoms with Crippen LogP contribution in [0.5, 0.6) is 0 Å². The molecule has 0 saturated carbocycles.